The molecule has 0 bridgehead atoms. The Labute approximate surface area is 222 Å². The predicted molar refractivity (Wildman–Crippen MR) is 146 cm³/mol. The fourth-order valence-electron chi connectivity index (χ4n) is 5.06. The maximum absolute atomic E-state index is 15.1. The van der Waals surface area contributed by atoms with E-state index >= 15 is 4.39 Å². The van der Waals surface area contributed by atoms with E-state index in [0.717, 1.165) is 17.1 Å². The molecule has 3 aromatic rings. The Kier molecular flexibility index (Phi) is 7.18. The van der Waals surface area contributed by atoms with Gasteiger partial charge in [0.2, 0.25) is 5.91 Å². The number of para-hydroxylation sites is 1. The number of ether oxygens (including phenoxy) is 1. The highest BCUT2D eigenvalue weighted by Gasteiger charge is 2.28. The topological polar surface area (TPSA) is 78.0 Å². The first-order chi connectivity index (χ1) is 18.3. The number of rotatable bonds is 5. The van der Waals surface area contributed by atoms with E-state index in [1.807, 2.05) is 41.1 Å². The number of carbonyl (C=O) groups is 2. The summed E-state index contributed by atoms with van der Waals surface area (Å²) in [6.45, 7) is 4.21. The molecule has 0 unspecified atom stereocenters. The van der Waals surface area contributed by atoms with Gasteiger partial charge in [-0.1, -0.05) is 12.1 Å². The van der Waals surface area contributed by atoms with Crippen molar-refractivity contribution in [2.75, 3.05) is 55.5 Å². The molecular weight excluding hydrogens is 485 g/mol. The van der Waals surface area contributed by atoms with Gasteiger partial charge < -0.3 is 24.8 Å². The SMILES string of the molecule is Cc1ccc(N2CCOc3c(C(=O)Nc4ccc(N5CCC(C(=O)N(C)C)CC5)c(F)c4)cccc32)nc1. The highest BCUT2D eigenvalue weighted by Crippen LogP contribution is 2.39. The van der Waals surface area contributed by atoms with Gasteiger partial charge >= 0.3 is 0 Å². The van der Waals surface area contributed by atoms with Gasteiger partial charge in [-0.15, -0.1) is 0 Å². The van der Waals surface area contributed by atoms with Gasteiger partial charge in [-0.3, -0.25) is 9.59 Å². The van der Waals surface area contributed by atoms with Crippen LogP contribution in [0.1, 0.15) is 28.8 Å². The molecule has 0 aliphatic carbocycles. The number of amides is 2. The standard InChI is InChI=1S/C29H32FN5O3/c1-19-7-10-26(31-18-19)35-15-16-38-27-22(5-4-6-25(27)35)28(36)32-21-8-9-24(23(30)17-21)34-13-11-20(12-14-34)29(37)33(2)3/h4-10,17-18,20H,11-16H2,1-3H3,(H,32,36). The lowest BCUT2D eigenvalue weighted by molar-refractivity contribution is -0.133. The fourth-order valence-corrected chi connectivity index (χ4v) is 5.06. The van der Waals surface area contributed by atoms with Crippen molar-refractivity contribution in [3.8, 4) is 5.75 Å². The van der Waals surface area contributed by atoms with Crippen molar-refractivity contribution in [1.82, 2.24) is 9.88 Å². The Morgan fingerprint density at radius 1 is 1.05 bits per heavy atom. The largest absolute Gasteiger partial charge is 0.489 e. The summed E-state index contributed by atoms with van der Waals surface area (Å²) in [4.78, 5) is 35.6. The summed E-state index contributed by atoms with van der Waals surface area (Å²) in [5, 5.41) is 2.81. The van der Waals surface area contributed by atoms with Gasteiger partial charge in [0.1, 0.15) is 18.2 Å². The number of fused-ring (bicyclic) bond motifs is 1. The second-order valence-corrected chi connectivity index (χ2v) is 9.96. The Hall–Kier alpha value is -4.14. The molecule has 38 heavy (non-hydrogen) atoms. The van der Waals surface area contributed by atoms with E-state index in [2.05, 4.69) is 10.3 Å². The Morgan fingerprint density at radius 2 is 1.84 bits per heavy atom. The minimum absolute atomic E-state index is 0.0281. The van der Waals surface area contributed by atoms with Crippen LogP contribution in [0.25, 0.3) is 0 Å². The van der Waals surface area contributed by atoms with Gasteiger partial charge in [0.25, 0.3) is 5.91 Å². The molecule has 9 heteroatoms. The van der Waals surface area contributed by atoms with Crippen LogP contribution >= 0.6 is 0 Å². The Balaban J connectivity index is 1.30. The second kappa shape index (κ2) is 10.7. The van der Waals surface area contributed by atoms with Gasteiger partial charge in [-0.2, -0.15) is 0 Å². The van der Waals surface area contributed by atoms with Crippen molar-refractivity contribution in [3.63, 3.8) is 0 Å². The van der Waals surface area contributed by atoms with Crippen molar-refractivity contribution < 1.29 is 18.7 Å². The monoisotopic (exact) mass is 517 g/mol. The van der Waals surface area contributed by atoms with Crippen LogP contribution in [0, 0.1) is 18.7 Å². The molecule has 3 heterocycles. The van der Waals surface area contributed by atoms with Crippen LogP contribution in [-0.2, 0) is 4.79 Å². The first kappa shape index (κ1) is 25.5. The van der Waals surface area contributed by atoms with Gasteiger partial charge in [0.05, 0.1) is 23.5 Å². The quantitative estimate of drug-likeness (QED) is 0.532. The smallest absolute Gasteiger partial charge is 0.259 e. The number of benzene rings is 2. The molecule has 0 atom stereocenters. The number of piperidine rings is 1. The minimum Gasteiger partial charge on any atom is -0.489 e. The number of aromatic nitrogens is 1. The average molecular weight is 518 g/mol. The van der Waals surface area contributed by atoms with Crippen LogP contribution in [0.5, 0.6) is 5.75 Å². The number of carbonyl (C=O) groups excluding carboxylic acids is 2. The van der Waals surface area contributed by atoms with Crippen LogP contribution in [-0.4, -0.2) is 62.0 Å². The van der Waals surface area contributed by atoms with E-state index in [-0.39, 0.29) is 17.7 Å². The van der Waals surface area contributed by atoms with Gasteiger partial charge in [-0.25, -0.2) is 9.37 Å². The van der Waals surface area contributed by atoms with Crippen molar-refractivity contribution in [1.29, 1.82) is 0 Å². The van der Waals surface area contributed by atoms with Crippen molar-refractivity contribution in [3.05, 3.63) is 71.7 Å². The van der Waals surface area contributed by atoms with E-state index in [9.17, 15) is 9.59 Å². The van der Waals surface area contributed by atoms with E-state index in [0.29, 0.717) is 61.8 Å². The zero-order valence-electron chi connectivity index (χ0n) is 21.9. The third-order valence-electron chi connectivity index (χ3n) is 7.09. The van der Waals surface area contributed by atoms with Gasteiger partial charge in [0, 0.05) is 45.0 Å². The number of aryl methyl sites for hydroxylation is 1. The molecule has 0 saturated carbocycles. The molecule has 0 radical (unpaired) electrons. The Morgan fingerprint density at radius 3 is 2.53 bits per heavy atom. The summed E-state index contributed by atoms with van der Waals surface area (Å²) in [7, 11) is 3.52. The summed E-state index contributed by atoms with van der Waals surface area (Å²) in [6, 6.07) is 14.1. The average Bonchev–Trinajstić information content (AvgIpc) is 2.92. The number of hydrogen-bond acceptors (Lipinski definition) is 6. The molecule has 5 rings (SSSR count). The first-order valence-electron chi connectivity index (χ1n) is 12.8. The molecule has 2 aliphatic rings. The molecule has 1 aromatic heterocycles. The van der Waals surface area contributed by atoms with Gasteiger partial charge in [-0.05, 0) is 61.7 Å². The molecule has 2 aliphatic heterocycles. The van der Waals surface area contributed by atoms with Crippen LogP contribution < -0.4 is 19.9 Å². The van der Waals surface area contributed by atoms with Crippen LogP contribution in [0.2, 0.25) is 0 Å². The van der Waals surface area contributed by atoms with Crippen molar-refractivity contribution in [2.45, 2.75) is 19.8 Å². The third-order valence-corrected chi connectivity index (χ3v) is 7.09. The number of nitrogens with zero attached hydrogens (tertiary/aromatic N) is 4. The number of nitrogens with one attached hydrogen (secondary N) is 1. The molecule has 1 saturated heterocycles. The lowest BCUT2D eigenvalue weighted by Gasteiger charge is -2.34. The summed E-state index contributed by atoms with van der Waals surface area (Å²) in [6.07, 6.45) is 3.18. The Bertz CT molecular complexity index is 1340. The normalized spacial score (nSPS) is 15.5. The fraction of sp³-hybridized carbons (Fsp3) is 0.345. The highest BCUT2D eigenvalue weighted by atomic mass is 19.1. The van der Waals surface area contributed by atoms with E-state index in [4.69, 9.17) is 4.74 Å². The number of pyridine rings is 1. The molecule has 198 valence electrons. The van der Waals surface area contributed by atoms with Crippen molar-refractivity contribution >= 4 is 34.7 Å². The summed E-state index contributed by atoms with van der Waals surface area (Å²) >= 11 is 0. The van der Waals surface area contributed by atoms with Crippen LogP contribution in [0.3, 0.4) is 0 Å². The van der Waals surface area contributed by atoms with E-state index in [1.54, 1.807) is 43.3 Å². The molecule has 0 spiro atoms. The second-order valence-electron chi connectivity index (χ2n) is 9.96. The van der Waals surface area contributed by atoms with Crippen LogP contribution in [0.15, 0.2) is 54.7 Å². The first-order valence-corrected chi connectivity index (χ1v) is 12.8. The molecule has 8 nitrogen and oxygen atoms in total. The highest BCUT2D eigenvalue weighted by molar-refractivity contribution is 6.07. The zero-order chi connectivity index (χ0) is 26.8. The number of halogens is 1. The number of hydrogen-bond donors (Lipinski definition) is 1. The zero-order valence-corrected chi connectivity index (χ0v) is 21.9. The lowest BCUT2D eigenvalue weighted by Crippen LogP contribution is -2.40. The van der Waals surface area contributed by atoms with Gasteiger partial charge in [0.15, 0.2) is 5.75 Å². The molecule has 1 N–H and O–H groups in total. The summed E-state index contributed by atoms with van der Waals surface area (Å²) < 4.78 is 21.0. The minimum atomic E-state index is -0.414. The van der Waals surface area contributed by atoms with Crippen LogP contribution in [0.4, 0.5) is 27.3 Å². The maximum atomic E-state index is 15.1. The molecule has 2 amide bonds. The van der Waals surface area contributed by atoms with E-state index < -0.39 is 5.82 Å². The van der Waals surface area contributed by atoms with Crippen molar-refractivity contribution in [2.24, 2.45) is 5.92 Å². The lowest BCUT2D eigenvalue weighted by atomic mass is 9.95. The molecule has 1 fully saturated rings. The summed E-state index contributed by atoms with van der Waals surface area (Å²) in [5.41, 5.74) is 3.03. The number of anilines is 4. The summed E-state index contributed by atoms with van der Waals surface area (Å²) in [5.74, 6) is 0.559. The molecule has 2 aromatic carbocycles. The third kappa shape index (κ3) is 5.14. The van der Waals surface area contributed by atoms with E-state index in [1.165, 1.54) is 6.07 Å². The molecular formula is C29H32FN5O3. The maximum Gasteiger partial charge on any atom is 0.259 e. The predicted octanol–water partition coefficient (Wildman–Crippen LogP) is 4.62.